The van der Waals surface area contributed by atoms with E-state index in [1.54, 1.807) is 0 Å². The third kappa shape index (κ3) is 9.28. The van der Waals surface area contributed by atoms with Gasteiger partial charge in [0.15, 0.2) is 0 Å². The molecule has 0 radical (unpaired) electrons. The second-order valence-electron chi connectivity index (χ2n) is 7.25. The quantitative estimate of drug-likeness (QED) is 0.206. The van der Waals surface area contributed by atoms with Crippen molar-refractivity contribution in [3.63, 3.8) is 0 Å². The topological polar surface area (TPSA) is 133 Å². The van der Waals surface area contributed by atoms with Crippen LogP contribution in [0, 0.1) is 0 Å². The average molecular weight is 400 g/mol. The number of hydrogen-bond donors (Lipinski definition) is 7. The fourth-order valence-corrected chi connectivity index (χ4v) is 3.49. The first kappa shape index (κ1) is 26.0. The highest BCUT2D eigenvalue weighted by molar-refractivity contribution is 5.85. The highest BCUT2D eigenvalue weighted by Crippen LogP contribution is 2.20. The van der Waals surface area contributed by atoms with Gasteiger partial charge in [0.05, 0.1) is 43.1 Å². The minimum atomic E-state index is -1.05. The Hall–Kier alpha value is 0.01000. The fraction of sp³-hybridized carbons (Fsp3) is 1.00. The van der Waals surface area contributed by atoms with Crippen molar-refractivity contribution in [2.45, 2.75) is 101 Å². The van der Waals surface area contributed by atoms with E-state index in [9.17, 15) is 20.4 Å². The van der Waals surface area contributed by atoms with Crippen LogP contribution in [0.3, 0.4) is 0 Å². The summed E-state index contributed by atoms with van der Waals surface area (Å²) >= 11 is 0. The van der Waals surface area contributed by atoms with Crippen LogP contribution in [0.25, 0.3) is 0 Å². The molecule has 0 unspecified atom stereocenters. The van der Waals surface area contributed by atoms with Crippen molar-refractivity contribution in [1.82, 2.24) is 5.32 Å². The molecule has 158 valence electrons. The zero-order valence-corrected chi connectivity index (χ0v) is 16.4. The molecule has 7 nitrogen and oxygen atoms in total. The average Bonchev–Trinajstić information content (AvgIpc) is 2.90. The second kappa shape index (κ2) is 15.0. The summed E-state index contributed by atoms with van der Waals surface area (Å²) in [6.07, 6.45) is 5.63. The predicted molar refractivity (Wildman–Crippen MR) is 102 cm³/mol. The lowest BCUT2D eigenvalue weighted by atomic mass is 9.98. The van der Waals surface area contributed by atoms with Gasteiger partial charge in [-0.1, -0.05) is 38.5 Å². The monoisotopic (exact) mass is 399 g/mol. The van der Waals surface area contributed by atoms with E-state index < -0.39 is 30.4 Å². The molecule has 1 rings (SSSR count). The third-order valence-corrected chi connectivity index (χ3v) is 5.13. The van der Waals surface area contributed by atoms with Crippen LogP contribution in [0.4, 0.5) is 0 Å². The lowest BCUT2D eigenvalue weighted by molar-refractivity contribution is -0.00443. The number of halogens is 1. The van der Waals surface area contributed by atoms with Gasteiger partial charge < -0.3 is 36.0 Å². The lowest BCUT2D eigenvalue weighted by Gasteiger charge is -2.22. The van der Waals surface area contributed by atoms with E-state index in [-0.39, 0.29) is 31.7 Å². The van der Waals surface area contributed by atoms with Gasteiger partial charge in [-0.2, -0.15) is 0 Å². The minimum Gasteiger partial charge on any atom is -0.396 e. The lowest BCUT2D eigenvalue weighted by Crippen LogP contribution is -2.44. The molecular formula is C18H38ClNO6. The van der Waals surface area contributed by atoms with Crippen molar-refractivity contribution >= 4 is 12.4 Å². The second-order valence-corrected chi connectivity index (χ2v) is 7.25. The van der Waals surface area contributed by atoms with E-state index in [0.29, 0.717) is 19.3 Å². The van der Waals surface area contributed by atoms with Crippen LogP contribution >= 0.6 is 12.4 Å². The van der Waals surface area contributed by atoms with Gasteiger partial charge in [-0.05, 0) is 25.7 Å². The molecule has 1 fully saturated rings. The molecule has 8 heteroatoms. The van der Waals surface area contributed by atoms with E-state index in [2.05, 4.69) is 5.32 Å². The van der Waals surface area contributed by atoms with Crippen LogP contribution in [0.2, 0.25) is 0 Å². The van der Waals surface area contributed by atoms with Gasteiger partial charge in [0.25, 0.3) is 0 Å². The summed E-state index contributed by atoms with van der Waals surface area (Å²) in [5.41, 5.74) is 0. The smallest absolute Gasteiger partial charge is 0.0993 e. The molecule has 6 atom stereocenters. The third-order valence-electron chi connectivity index (χ3n) is 5.13. The van der Waals surface area contributed by atoms with Crippen molar-refractivity contribution in [2.75, 3.05) is 13.2 Å². The highest BCUT2D eigenvalue weighted by Gasteiger charge is 2.43. The number of rotatable bonds is 14. The molecular weight excluding hydrogens is 362 g/mol. The molecule has 1 saturated heterocycles. The van der Waals surface area contributed by atoms with Gasteiger partial charge in [0.2, 0.25) is 0 Å². The molecule has 26 heavy (non-hydrogen) atoms. The summed E-state index contributed by atoms with van der Waals surface area (Å²) in [4.78, 5) is 0. The van der Waals surface area contributed by atoms with Gasteiger partial charge in [-0.3, -0.25) is 0 Å². The zero-order chi connectivity index (χ0) is 18.7. The zero-order valence-electron chi connectivity index (χ0n) is 15.5. The fourth-order valence-electron chi connectivity index (χ4n) is 3.49. The van der Waals surface area contributed by atoms with Crippen molar-refractivity contribution in [1.29, 1.82) is 0 Å². The number of nitrogens with one attached hydrogen (secondary N) is 1. The largest absolute Gasteiger partial charge is 0.396 e. The first-order chi connectivity index (χ1) is 12.0. The number of hydrogen-bond acceptors (Lipinski definition) is 7. The van der Waals surface area contributed by atoms with Crippen molar-refractivity contribution < 1.29 is 30.6 Å². The van der Waals surface area contributed by atoms with Gasteiger partial charge in [-0.15, -0.1) is 12.4 Å². The normalized spacial score (nSPS) is 27.9. The van der Waals surface area contributed by atoms with Crippen LogP contribution in [0.15, 0.2) is 0 Å². The van der Waals surface area contributed by atoms with E-state index >= 15 is 0 Å². The van der Waals surface area contributed by atoms with Crippen LogP contribution in [-0.4, -0.2) is 80.4 Å². The highest BCUT2D eigenvalue weighted by atomic mass is 35.5. The Morgan fingerprint density at radius 1 is 0.731 bits per heavy atom. The molecule has 0 saturated carbocycles. The maximum atomic E-state index is 10.2. The summed E-state index contributed by atoms with van der Waals surface area (Å²) in [7, 11) is 0. The van der Waals surface area contributed by atoms with Gasteiger partial charge >= 0.3 is 0 Å². The van der Waals surface area contributed by atoms with Gasteiger partial charge in [0, 0.05) is 6.61 Å². The molecule has 0 bridgehead atoms. The minimum absolute atomic E-state index is 0. The summed E-state index contributed by atoms with van der Waals surface area (Å²) < 4.78 is 0. The van der Waals surface area contributed by atoms with E-state index in [0.717, 1.165) is 44.9 Å². The molecule has 0 aromatic rings. The van der Waals surface area contributed by atoms with Crippen LogP contribution in [-0.2, 0) is 0 Å². The molecule has 0 aliphatic carbocycles. The molecule has 0 amide bonds. The standard InChI is InChI=1S/C18H37NO6.ClH/c20-11-7-9-13(22)8-5-3-1-2-4-6-10-15(23)16-18(25)17(24)14(12-21)19-16;/h13-25H,1-12H2;1H/t13-,14+,15-,16+,17+,18+;/m1./s1. The summed E-state index contributed by atoms with van der Waals surface area (Å²) in [5, 5.41) is 60.2. The summed E-state index contributed by atoms with van der Waals surface area (Å²) in [6.45, 7) is -0.133. The SMILES string of the molecule is Cl.OCCC[C@H](O)CCCCCCCC[C@@H](O)[C@@H]1N[C@@H](CO)[C@H](O)[C@H]1O. The first-order valence-corrected chi connectivity index (χ1v) is 9.71. The first-order valence-electron chi connectivity index (χ1n) is 9.71. The van der Waals surface area contributed by atoms with E-state index in [1.807, 2.05) is 0 Å². The maximum Gasteiger partial charge on any atom is 0.0993 e. The van der Waals surface area contributed by atoms with E-state index in [1.165, 1.54) is 0 Å². The Morgan fingerprint density at radius 3 is 1.81 bits per heavy atom. The molecule has 1 heterocycles. The van der Waals surface area contributed by atoms with E-state index in [4.69, 9.17) is 10.2 Å². The number of aliphatic hydroxyl groups is 6. The number of aliphatic hydroxyl groups excluding tert-OH is 6. The van der Waals surface area contributed by atoms with Crippen LogP contribution < -0.4 is 5.32 Å². The van der Waals surface area contributed by atoms with Gasteiger partial charge in [0.1, 0.15) is 0 Å². The predicted octanol–water partition coefficient (Wildman–Crippen LogP) is 0.0778. The molecule has 0 spiro atoms. The van der Waals surface area contributed by atoms with Crippen LogP contribution in [0.5, 0.6) is 0 Å². The molecule has 1 aliphatic rings. The molecule has 1 aliphatic heterocycles. The number of unbranched alkanes of at least 4 members (excludes halogenated alkanes) is 5. The maximum absolute atomic E-state index is 10.2. The summed E-state index contributed by atoms with van der Waals surface area (Å²) in [6, 6.07) is -1.17. The Balaban J connectivity index is 0.00000625. The van der Waals surface area contributed by atoms with Gasteiger partial charge in [-0.25, -0.2) is 0 Å². The van der Waals surface area contributed by atoms with Crippen molar-refractivity contribution in [2.24, 2.45) is 0 Å². The molecule has 0 aromatic carbocycles. The Labute approximate surface area is 162 Å². The van der Waals surface area contributed by atoms with Crippen molar-refractivity contribution in [3.8, 4) is 0 Å². The Bertz CT molecular complexity index is 339. The Morgan fingerprint density at radius 2 is 1.27 bits per heavy atom. The van der Waals surface area contributed by atoms with Crippen molar-refractivity contribution in [3.05, 3.63) is 0 Å². The molecule has 0 aromatic heterocycles. The Kier molecular flexibility index (Phi) is 15.0. The van der Waals surface area contributed by atoms with Crippen LogP contribution in [0.1, 0.15) is 64.2 Å². The molecule has 7 N–H and O–H groups in total. The summed E-state index contributed by atoms with van der Waals surface area (Å²) in [5.74, 6) is 0.